The number of rotatable bonds is 4. The van der Waals surface area contributed by atoms with Crippen molar-refractivity contribution in [1.29, 1.82) is 0 Å². The molecule has 0 aliphatic carbocycles. The van der Waals surface area contributed by atoms with Crippen molar-refractivity contribution in [2.75, 3.05) is 13.1 Å². The van der Waals surface area contributed by atoms with Gasteiger partial charge in [0.1, 0.15) is 0 Å². The number of likely N-dealkylation sites (tertiary alicyclic amines) is 1. The van der Waals surface area contributed by atoms with Crippen molar-refractivity contribution < 1.29 is 26.7 Å². The molecule has 25 heavy (non-hydrogen) atoms. The number of hydrogen-bond donors (Lipinski definition) is 0. The molecule has 0 N–H and O–H groups in total. The monoisotopic (exact) mass is 363 g/mol. The number of carbonyl (C=O) groups is 1. The fraction of sp³-hybridized carbons (Fsp3) is 0.611. The van der Waals surface area contributed by atoms with E-state index in [1.807, 2.05) is 0 Å². The minimum Gasteiger partial charge on any atom is -0.343 e. The van der Waals surface area contributed by atoms with Gasteiger partial charge in [-0.15, -0.1) is 0 Å². The third-order valence-corrected chi connectivity index (χ3v) is 5.04. The Morgan fingerprint density at radius 1 is 1.12 bits per heavy atom. The maximum Gasteiger partial charge on any atom is 0.398 e. The molecule has 1 saturated heterocycles. The Labute approximate surface area is 144 Å². The lowest BCUT2D eigenvalue weighted by molar-refractivity contribution is -0.204. The van der Waals surface area contributed by atoms with E-state index in [1.165, 1.54) is 30.9 Å². The van der Waals surface area contributed by atoms with Gasteiger partial charge in [-0.05, 0) is 18.4 Å². The van der Waals surface area contributed by atoms with Gasteiger partial charge in [-0.3, -0.25) is 4.79 Å². The Bertz CT molecular complexity index is 589. The normalized spacial score (nSPS) is 18.5. The number of piperidine rings is 1. The van der Waals surface area contributed by atoms with Crippen LogP contribution < -0.4 is 0 Å². The van der Waals surface area contributed by atoms with Crippen LogP contribution in [0, 0.1) is 5.41 Å². The van der Waals surface area contributed by atoms with Gasteiger partial charge in [-0.25, -0.2) is 8.78 Å². The molecule has 0 saturated carbocycles. The Hall–Kier alpha value is -1.66. The first-order valence-electron chi connectivity index (χ1n) is 8.18. The van der Waals surface area contributed by atoms with E-state index in [1.54, 1.807) is 18.2 Å². The molecule has 1 fully saturated rings. The summed E-state index contributed by atoms with van der Waals surface area (Å²) in [4.78, 5) is 13.5. The molecule has 0 unspecified atom stereocenters. The van der Waals surface area contributed by atoms with Crippen molar-refractivity contribution >= 4 is 5.91 Å². The second kappa shape index (κ2) is 6.92. The standard InChI is InChI=1S/C18H22F5NO/c1-16(2,15(19)20)12-14(25)24-10-8-17(9-11-24,18(21,22)23)13-6-4-3-5-7-13/h3-7,15H,8-12H2,1-2H3. The van der Waals surface area contributed by atoms with Crippen molar-refractivity contribution in [2.24, 2.45) is 5.41 Å². The van der Waals surface area contributed by atoms with E-state index in [9.17, 15) is 26.7 Å². The van der Waals surface area contributed by atoms with Crippen molar-refractivity contribution in [3.05, 3.63) is 35.9 Å². The molecule has 0 aromatic heterocycles. The van der Waals surface area contributed by atoms with Crippen LogP contribution in [0.4, 0.5) is 22.0 Å². The largest absolute Gasteiger partial charge is 0.398 e. The first-order valence-corrected chi connectivity index (χ1v) is 8.18. The van der Waals surface area contributed by atoms with Gasteiger partial charge in [0.2, 0.25) is 12.3 Å². The van der Waals surface area contributed by atoms with Crippen LogP contribution in [0.2, 0.25) is 0 Å². The van der Waals surface area contributed by atoms with Gasteiger partial charge < -0.3 is 4.90 Å². The van der Waals surface area contributed by atoms with Gasteiger partial charge in [-0.2, -0.15) is 13.2 Å². The van der Waals surface area contributed by atoms with Crippen LogP contribution >= 0.6 is 0 Å². The Balaban J connectivity index is 2.14. The van der Waals surface area contributed by atoms with Gasteiger partial charge in [-0.1, -0.05) is 44.2 Å². The summed E-state index contributed by atoms with van der Waals surface area (Å²) in [6.07, 6.45) is -8.01. The maximum atomic E-state index is 13.8. The number of alkyl halides is 5. The van der Waals surface area contributed by atoms with Crippen molar-refractivity contribution in [3.8, 4) is 0 Å². The first kappa shape index (κ1) is 19.7. The molecule has 1 aromatic carbocycles. The highest BCUT2D eigenvalue weighted by Crippen LogP contribution is 2.48. The summed E-state index contributed by atoms with van der Waals surface area (Å²) >= 11 is 0. The highest BCUT2D eigenvalue weighted by Gasteiger charge is 2.57. The molecular formula is C18H22F5NO. The number of nitrogens with zero attached hydrogens (tertiary/aromatic N) is 1. The fourth-order valence-corrected chi connectivity index (χ4v) is 3.21. The van der Waals surface area contributed by atoms with Crippen LogP contribution in [0.5, 0.6) is 0 Å². The molecule has 1 aliphatic heterocycles. The lowest BCUT2D eigenvalue weighted by Crippen LogP contribution is -2.52. The molecular weight excluding hydrogens is 341 g/mol. The van der Waals surface area contributed by atoms with E-state index in [4.69, 9.17) is 0 Å². The van der Waals surface area contributed by atoms with Crippen LogP contribution in [0.25, 0.3) is 0 Å². The smallest absolute Gasteiger partial charge is 0.343 e. The average Bonchev–Trinajstić information content (AvgIpc) is 2.54. The van der Waals surface area contributed by atoms with Gasteiger partial charge in [0.05, 0.1) is 5.41 Å². The second-order valence-electron chi connectivity index (χ2n) is 7.29. The molecule has 2 rings (SSSR count). The molecule has 2 nitrogen and oxygen atoms in total. The van der Waals surface area contributed by atoms with E-state index in [0.717, 1.165) is 0 Å². The van der Waals surface area contributed by atoms with E-state index in [2.05, 4.69) is 0 Å². The van der Waals surface area contributed by atoms with Crippen LogP contribution in [-0.4, -0.2) is 36.5 Å². The molecule has 1 aliphatic rings. The third kappa shape index (κ3) is 3.96. The van der Waals surface area contributed by atoms with Crippen LogP contribution in [0.15, 0.2) is 30.3 Å². The summed E-state index contributed by atoms with van der Waals surface area (Å²) in [6.45, 7) is 2.38. The van der Waals surface area contributed by atoms with Gasteiger partial charge in [0, 0.05) is 24.9 Å². The van der Waals surface area contributed by atoms with Crippen molar-refractivity contribution in [2.45, 2.75) is 51.1 Å². The molecule has 0 radical (unpaired) electrons. The zero-order chi connectivity index (χ0) is 18.9. The van der Waals surface area contributed by atoms with E-state index in [0.29, 0.717) is 0 Å². The van der Waals surface area contributed by atoms with E-state index in [-0.39, 0.29) is 37.9 Å². The minimum absolute atomic E-state index is 0.0907. The summed E-state index contributed by atoms with van der Waals surface area (Å²) in [5.41, 5.74) is -3.30. The number of benzene rings is 1. The summed E-state index contributed by atoms with van der Waals surface area (Å²) < 4.78 is 67.2. The Kier molecular flexibility index (Phi) is 5.44. The highest BCUT2D eigenvalue weighted by atomic mass is 19.4. The Morgan fingerprint density at radius 3 is 2.08 bits per heavy atom. The first-order chi connectivity index (χ1) is 11.5. The molecule has 140 valence electrons. The molecule has 0 atom stereocenters. The summed E-state index contributed by atoms with van der Waals surface area (Å²) in [7, 11) is 0. The predicted octanol–water partition coefficient (Wildman–Crippen LogP) is 4.79. The fourth-order valence-electron chi connectivity index (χ4n) is 3.21. The van der Waals surface area contributed by atoms with E-state index < -0.39 is 29.3 Å². The SMILES string of the molecule is CC(C)(CC(=O)N1CCC(c2ccccc2)(C(F)(F)F)CC1)C(F)F. The second-order valence-corrected chi connectivity index (χ2v) is 7.29. The zero-order valence-corrected chi connectivity index (χ0v) is 14.2. The minimum atomic E-state index is -4.44. The number of carbonyl (C=O) groups excluding carboxylic acids is 1. The summed E-state index contributed by atoms with van der Waals surface area (Å²) in [5.74, 6) is -0.519. The Morgan fingerprint density at radius 2 is 1.64 bits per heavy atom. The quantitative estimate of drug-likeness (QED) is 0.705. The topological polar surface area (TPSA) is 20.3 Å². The van der Waals surface area contributed by atoms with Gasteiger partial charge in [0.15, 0.2) is 0 Å². The summed E-state index contributed by atoms with van der Waals surface area (Å²) in [5, 5.41) is 0. The third-order valence-electron chi connectivity index (χ3n) is 5.04. The van der Waals surface area contributed by atoms with Crippen molar-refractivity contribution in [3.63, 3.8) is 0 Å². The zero-order valence-electron chi connectivity index (χ0n) is 14.2. The van der Waals surface area contributed by atoms with Crippen LogP contribution in [-0.2, 0) is 10.2 Å². The maximum absolute atomic E-state index is 13.8. The molecule has 0 bridgehead atoms. The van der Waals surface area contributed by atoms with Gasteiger partial charge in [0.25, 0.3) is 0 Å². The van der Waals surface area contributed by atoms with Crippen LogP contribution in [0.3, 0.4) is 0 Å². The number of halogens is 5. The van der Waals surface area contributed by atoms with Gasteiger partial charge >= 0.3 is 6.18 Å². The number of amides is 1. The highest BCUT2D eigenvalue weighted by molar-refractivity contribution is 5.77. The van der Waals surface area contributed by atoms with Crippen LogP contribution in [0.1, 0.15) is 38.7 Å². The molecule has 1 aromatic rings. The predicted molar refractivity (Wildman–Crippen MR) is 84.4 cm³/mol. The lowest BCUT2D eigenvalue weighted by Gasteiger charge is -2.43. The number of hydrogen-bond acceptors (Lipinski definition) is 1. The average molecular weight is 363 g/mol. The van der Waals surface area contributed by atoms with E-state index >= 15 is 0 Å². The molecule has 0 spiro atoms. The van der Waals surface area contributed by atoms with Crippen molar-refractivity contribution in [1.82, 2.24) is 4.90 Å². The molecule has 1 heterocycles. The summed E-state index contributed by atoms with van der Waals surface area (Å²) in [6, 6.07) is 7.67. The lowest BCUT2D eigenvalue weighted by atomic mass is 9.72. The molecule has 7 heteroatoms. The molecule has 1 amide bonds.